The summed E-state index contributed by atoms with van der Waals surface area (Å²) in [7, 11) is 0. The zero-order valence-corrected chi connectivity index (χ0v) is 9.04. The highest BCUT2D eigenvalue weighted by atomic mass is 16.3. The van der Waals surface area contributed by atoms with Crippen molar-refractivity contribution in [2.24, 2.45) is 5.92 Å². The molecule has 0 spiro atoms. The minimum absolute atomic E-state index is 0.444. The molecule has 1 unspecified atom stereocenters. The van der Waals surface area contributed by atoms with Crippen LogP contribution in [0, 0.1) is 5.92 Å². The molecule has 1 saturated carbocycles. The summed E-state index contributed by atoms with van der Waals surface area (Å²) >= 11 is 0. The molecule has 0 heterocycles. The van der Waals surface area contributed by atoms with E-state index in [0.29, 0.717) is 0 Å². The second-order valence-electron chi connectivity index (χ2n) is 5.11. The lowest BCUT2D eigenvalue weighted by molar-refractivity contribution is 0.0417. The average molecular weight is 194 g/mol. The first kappa shape index (κ1) is 10.2. The Hall–Kier alpha value is -0.300. The van der Waals surface area contributed by atoms with E-state index in [1.54, 1.807) is 0 Å². The number of hydrogen-bond acceptors (Lipinski definition) is 1. The van der Waals surface area contributed by atoms with Gasteiger partial charge in [0.25, 0.3) is 0 Å². The van der Waals surface area contributed by atoms with Gasteiger partial charge < -0.3 is 5.11 Å². The van der Waals surface area contributed by atoms with Crippen LogP contribution in [0.1, 0.15) is 57.8 Å². The van der Waals surface area contributed by atoms with Crippen molar-refractivity contribution < 1.29 is 5.11 Å². The van der Waals surface area contributed by atoms with E-state index in [4.69, 9.17) is 0 Å². The van der Waals surface area contributed by atoms with Gasteiger partial charge in [-0.05, 0) is 31.6 Å². The molecule has 0 aromatic carbocycles. The van der Waals surface area contributed by atoms with Crippen molar-refractivity contribution in [1.29, 1.82) is 0 Å². The molecule has 2 aliphatic rings. The van der Waals surface area contributed by atoms with Gasteiger partial charge in [0.2, 0.25) is 0 Å². The molecule has 0 amide bonds. The molecule has 1 nitrogen and oxygen atoms in total. The third kappa shape index (κ3) is 2.60. The Balaban J connectivity index is 1.87. The Bertz CT molecular complexity index is 203. The molecule has 1 heteroatoms. The Kier molecular flexibility index (Phi) is 3.27. The van der Waals surface area contributed by atoms with Gasteiger partial charge in [0.05, 0.1) is 5.60 Å². The molecule has 0 saturated heterocycles. The standard InChI is InChI=1S/C13H22O/c14-13(9-5-2-6-10-13)11-12-7-3-1-4-8-12/h5,9,12,14H,1-4,6-8,10-11H2. The smallest absolute Gasteiger partial charge is 0.0830 e. The summed E-state index contributed by atoms with van der Waals surface area (Å²) in [5.74, 6) is 0.788. The van der Waals surface area contributed by atoms with E-state index >= 15 is 0 Å². The number of aliphatic hydroxyl groups is 1. The van der Waals surface area contributed by atoms with Crippen LogP contribution in [-0.4, -0.2) is 10.7 Å². The minimum Gasteiger partial charge on any atom is -0.386 e. The summed E-state index contributed by atoms with van der Waals surface area (Å²) in [4.78, 5) is 0. The van der Waals surface area contributed by atoms with Crippen molar-refractivity contribution in [3.8, 4) is 0 Å². The lowest BCUT2D eigenvalue weighted by Crippen LogP contribution is -2.31. The van der Waals surface area contributed by atoms with Gasteiger partial charge in [-0.15, -0.1) is 0 Å². The van der Waals surface area contributed by atoms with Crippen LogP contribution >= 0.6 is 0 Å². The molecule has 1 atom stereocenters. The average Bonchev–Trinajstić information content (AvgIpc) is 2.19. The maximum Gasteiger partial charge on any atom is 0.0830 e. The van der Waals surface area contributed by atoms with Crippen molar-refractivity contribution >= 4 is 0 Å². The van der Waals surface area contributed by atoms with Crippen LogP contribution in [0.3, 0.4) is 0 Å². The molecule has 14 heavy (non-hydrogen) atoms. The first-order chi connectivity index (χ1) is 6.79. The predicted octanol–water partition coefficient (Wildman–Crippen LogP) is 3.43. The summed E-state index contributed by atoms with van der Waals surface area (Å²) < 4.78 is 0. The van der Waals surface area contributed by atoms with Gasteiger partial charge in [-0.2, -0.15) is 0 Å². The van der Waals surface area contributed by atoms with Gasteiger partial charge in [-0.25, -0.2) is 0 Å². The van der Waals surface area contributed by atoms with Gasteiger partial charge in [-0.1, -0.05) is 44.3 Å². The van der Waals surface area contributed by atoms with E-state index in [2.05, 4.69) is 12.2 Å². The first-order valence-corrected chi connectivity index (χ1v) is 6.19. The normalized spacial score (nSPS) is 34.6. The van der Waals surface area contributed by atoms with Gasteiger partial charge in [0, 0.05) is 0 Å². The maximum atomic E-state index is 10.3. The molecule has 0 aromatic rings. The van der Waals surface area contributed by atoms with Crippen molar-refractivity contribution in [3.05, 3.63) is 12.2 Å². The van der Waals surface area contributed by atoms with Crippen molar-refractivity contribution in [2.75, 3.05) is 0 Å². The van der Waals surface area contributed by atoms with E-state index in [-0.39, 0.29) is 0 Å². The molecular formula is C13H22O. The highest BCUT2D eigenvalue weighted by Gasteiger charge is 2.29. The van der Waals surface area contributed by atoms with Gasteiger partial charge >= 0.3 is 0 Å². The molecule has 0 aliphatic heterocycles. The fourth-order valence-electron chi connectivity index (χ4n) is 2.97. The fraction of sp³-hybridized carbons (Fsp3) is 0.846. The maximum absolute atomic E-state index is 10.3. The van der Waals surface area contributed by atoms with Crippen LogP contribution in [0.4, 0.5) is 0 Å². The molecule has 1 fully saturated rings. The molecule has 0 bridgehead atoms. The van der Waals surface area contributed by atoms with Gasteiger partial charge in [-0.3, -0.25) is 0 Å². The highest BCUT2D eigenvalue weighted by molar-refractivity contribution is 5.05. The van der Waals surface area contributed by atoms with Crippen molar-refractivity contribution in [1.82, 2.24) is 0 Å². The summed E-state index contributed by atoms with van der Waals surface area (Å²) in [5, 5.41) is 10.3. The highest BCUT2D eigenvalue weighted by Crippen LogP contribution is 2.35. The van der Waals surface area contributed by atoms with E-state index in [0.717, 1.165) is 25.2 Å². The van der Waals surface area contributed by atoms with Gasteiger partial charge in [0.1, 0.15) is 0 Å². The van der Waals surface area contributed by atoms with E-state index in [1.807, 2.05) is 0 Å². The monoisotopic (exact) mass is 194 g/mol. The Morgan fingerprint density at radius 2 is 1.93 bits per heavy atom. The summed E-state index contributed by atoms with van der Waals surface area (Å²) in [6.45, 7) is 0. The van der Waals surface area contributed by atoms with Crippen molar-refractivity contribution in [2.45, 2.75) is 63.4 Å². The van der Waals surface area contributed by atoms with Crippen LogP contribution in [0.2, 0.25) is 0 Å². The lowest BCUT2D eigenvalue weighted by atomic mass is 9.77. The molecule has 0 radical (unpaired) electrons. The molecule has 2 rings (SSSR count). The van der Waals surface area contributed by atoms with E-state index in [1.165, 1.54) is 38.5 Å². The molecular weight excluding hydrogens is 172 g/mol. The summed E-state index contributed by atoms with van der Waals surface area (Å²) in [6.07, 6.45) is 15.4. The number of hydrogen-bond donors (Lipinski definition) is 1. The largest absolute Gasteiger partial charge is 0.386 e. The van der Waals surface area contributed by atoms with Crippen LogP contribution in [-0.2, 0) is 0 Å². The quantitative estimate of drug-likeness (QED) is 0.668. The third-order valence-corrected chi connectivity index (χ3v) is 3.78. The van der Waals surface area contributed by atoms with Gasteiger partial charge in [0.15, 0.2) is 0 Å². The van der Waals surface area contributed by atoms with Crippen LogP contribution in [0.15, 0.2) is 12.2 Å². The lowest BCUT2D eigenvalue weighted by Gasteiger charge is -2.33. The molecule has 1 N–H and O–H groups in total. The number of rotatable bonds is 2. The molecule has 80 valence electrons. The van der Waals surface area contributed by atoms with E-state index < -0.39 is 5.60 Å². The zero-order valence-electron chi connectivity index (χ0n) is 9.04. The Morgan fingerprint density at radius 1 is 1.14 bits per heavy atom. The first-order valence-electron chi connectivity index (χ1n) is 6.19. The minimum atomic E-state index is -0.444. The second kappa shape index (κ2) is 4.48. The number of allylic oxidation sites excluding steroid dienone is 1. The second-order valence-corrected chi connectivity index (χ2v) is 5.11. The third-order valence-electron chi connectivity index (χ3n) is 3.78. The summed E-state index contributed by atoms with van der Waals surface area (Å²) in [6, 6.07) is 0. The molecule has 2 aliphatic carbocycles. The van der Waals surface area contributed by atoms with E-state index in [9.17, 15) is 5.11 Å². The van der Waals surface area contributed by atoms with Crippen LogP contribution < -0.4 is 0 Å². The topological polar surface area (TPSA) is 20.2 Å². The van der Waals surface area contributed by atoms with Crippen molar-refractivity contribution in [3.63, 3.8) is 0 Å². The Morgan fingerprint density at radius 3 is 2.57 bits per heavy atom. The predicted molar refractivity (Wildman–Crippen MR) is 59.1 cm³/mol. The zero-order chi connectivity index (χ0) is 9.86. The van der Waals surface area contributed by atoms with Crippen LogP contribution in [0.5, 0.6) is 0 Å². The van der Waals surface area contributed by atoms with Crippen LogP contribution in [0.25, 0.3) is 0 Å². The Labute approximate surface area is 87.2 Å². The SMILES string of the molecule is OC1(CC2CCCCC2)C=CCCC1. The molecule has 0 aromatic heterocycles. The fourth-order valence-corrected chi connectivity index (χ4v) is 2.97. The summed E-state index contributed by atoms with van der Waals surface area (Å²) in [5.41, 5.74) is -0.444.